The average molecular weight is 249 g/mol. The zero-order valence-corrected chi connectivity index (χ0v) is 10.0. The van der Waals surface area contributed by atoms with Gasteiger partial charge in [-0.15, -0.1) is 0 Å². The van der Waals surface area contributed by atoms with Gasteiger partial charge in [0.05, 0.1) is 0 Å². The molecule has 0 aliphatic rings. The van der Waals surface area contributed by atoms with E-state index < -0.39 is 0 Å². The topological polar surface area (TPSA) is 78.6 Å². The molecule has 0 unspecified atom stereocenters. The van der Waals surface area contributed by atoms with Crippen LogP contribution in [0.4, 0.5) is 0 Å². The van der Waals surface area contributed by atoms with Crippen LogP contribution in [0.2, 0.25) is 0 Å². The Morgan fingerprint density at radius 2 is 2.18 bits per heavy atom. The summed E-state index contributed by atoms with van der Waals surface area (Å²) in [7, 11) is 0. The van der Waals surface area contributed by atoms with Gasteiger partial charge in [0.1, 0.15) is 0 Å². The van der Waals surface area contributed by atoms with Gasteiger partial charge in [0.2, 0.25) is 5.56 Å². The van der Waals surface area contributed by atoms with Crippen LogP contribution in [0.3, 0.4) is 0 Å². The molecule has 2 rings (SSSR count). The first-order valence-corrected chi connectivity index (χ1v) is 6.22. The Kier molecular flexibility index (Phi) is 3.43. The van der Waals surface area contributed by atoms with Crippen LogP contribution in [0, 0.1) is 0 Å². The molecular weight excluding hydrogens is 238 g/mol. The van der Waals surface area contributed by atoms with Crippen LogP contribution in [-0.4, -0.2) is 21.2 Å². The van der Waals surface area contributed by atoms with Crippen LogP contribution in [0.1, 0.15) is 11.1 Å². The van der Waals surface area contributed by atoms with Crippen molar-refractivity contribution >= 4 is 11.8 Å². The molecule has 0 amide bonds. The molecule has 5 nitrogen and oxygen atoms in total. The normalized spacial score (nSPS) is 10.4. The van der Waals surface area contributed by atoms with Crippen LogP contribution in [0.5, 0.6) is 0 Å². The third kappa shape index (κ3) is 2.85. The summed E-state index contributed by atoms with van der Waals surface area (Å²) in [4.78, 5) is 32.1. The van der Waals surface area contributed by atoms with Crippen LogP contribution in [-0.2, 0) is 6.42 Å². The average Bonchev–Trinajstić information content (AvgIpc) is 2.32. The highest BCUT2D eigenvalue weighted by Crippen LogP contribution is 2.06. The van der Waals surface area contributed by atoms with Crippen molar-refractivity contribution in [3.63, 3.8) is 0 Å². The van der Waals surface area contributed by atoms with Crippen molar-refractivity contribution in [2.45, 2.75) is 11.6 Å². The van der Waals surface area contributed by atoms with Gasteiger partial charge in [0.15, 0.2) is 5.16 Å². The second-order valence-corrected chi connectivity index (χ2v) is 4.27. The van der Waals surface area contributed by atoms with Crippen molar-refractivity contribution in [3.05, 3.63) is 56.4 Å². The SMILES string of the molecule is CSc1nc(=O)c(Cc2cc[nH]c(=O)c2)c[nH]1. The molecule has 2 aromatic rings. The molecule has 6 heteroatoms. The van der Waals surface area contributed by atoms with Gasteiger partial charge in [0, 0.05) is 30.4 Å². The lowest BCUT2D eigenvalue weighted by atomic mass is 10.1. The number of pyridine rings is 1. The minimum absolute atomic E-state index is 0.173. The summed E-state index contributed by atoms with van der Waals surface area (Å²) < 4.78 is 0. The maximum atomic E-state index is 11.7. The van der Waals surface area contributed by atoms with Gasteiger partial charge in [0.25, 0.3) is 5.56 Å². The summed E-state index contributed by atoms with van der Waals surface area (Å²) in [6.07, 6.45) is 5.45. The number of H-pyrrole nitrogens is 2. The summed E-state index contributed by atoms with van der Waals surface area (Å²) in [6, 6.07) is 3.24. The number of nitrogens with one attached hydrogen (secondary N) is 2. The van der Waals surface area contributed by atoms with E-state index in [0.29, 0.717) is 17.1 Å². The smallest absolute Gasteiger partial charge is 0.277 e. The maximum absolute atomic E-state index is 11.7. The first-order chi connectivity index (χ1) is 8.19. The van der Waals surface area contributed by atoms with Crippen LogP contribution in [0.25, 0.3) is 0 Å². The summed E-state index contributed by atoms with van der Waals surface area (Å²) in [5, 5.41) is 0.588. The fraction of sp³-hybridized carbons (Fsp3) is 0.182. The third-order valence-corrected chi connectivity index (χ3v) is 2.87. The summed E-state index contributed by atoms with van der Waals surface area (Å²) in [5.74, 6) is 0. The predicted octanol–water partition coefficient (Wildman–Crippen LogP) is 0.771. The monoisotopic (exact) mass is 249 g/mol. The summed E-state index contributed by atoms with van der Waals surface area (Å²) >= 11 is 1.38. The molecule has 0 saturated carbocycles. The molecule has 88 valence electrons. The van der Waals surface area contributed by atoms with Gasteiger partial charge in [-0.2, -0.15) is 4.98 Å². The third-order valence-electron chi connectivity index (χ3n) is 2.28. The van der Waals surface area contributed by atoms with E-state index in [1.807, 2.05) is 6.26 Å². The first kappa shape index (κ1) is 11.7. The van der Waals surface area contributed by atoms with E-state index in [2.05, 4.69) is 15.0 Å². The van der Waals surface area contributed by atoms with E-state index in [-0.39, 0.29) is 11.1 Å². The fourth-order valence-electron chi connectivity index (χ4n) is 1.46. The molecule has 0 atom stereocenters. The molecule has 17 heavy (non-hydrogen) atoms. The largest absolute Gasteiger partial charge is 0.341 e. The van der Waals surface area contributed by atoms with Gasteiger partial charge >= 0.3 is 0 Å². The number of aromatic amines is 2. The number of thioether (sulfide) groups is 1. The van der Waals surface area contributed by atoms with Gasteiger partial charge in [-0.3, -0.25) is 9.59 Å². The second kappa shape index (κ2) is 5.01. The molecule has 2 N–H and O–H groups in total. The molecule has 0 aliphatic carbocycles. The van der Waals surface area contributed by atoms with Crippen LogP contribution in [0.15, 0.2) is 39.3 Å². The zero-order valence-electron chi connectivity index (χ0n) is 9.19. The molecule has 0 bridgehead atoms. The highest BCUT2D eigenvalue weighted by atomic mass is 32.2. The molecule has 0 aromatic carbocycles. The van der Waals surface area contributed by atoms with E-state index in [1.165, 1.54) is 17.8 Å². The van der Waals surface area contributed by atoms with E-state index in [0.717, 1.165) is 5.56 Å². The Labute approximate surface area is 101 Å². The van der Waals surface area contributed by atoms with E-state index in [4.69, 9.17) is 0 Å². The van der Waals surface area contributed by atoms with Crippen LogP contribution >= 0.6 is 11.8 Å². The van der Waals surface area contributed by atoms with Crippen molar-refractivity contribution in [1.29, 1.82) is 0 Å². The highest BCUT2D eigenvalue weighted by molar-refractivity contribution is 7.98. The number of hydrogen-bond donors (Lipinski definition) is 2. The minimum atomic E-state index is -0.256. The lowest BCUT2D eigenvalue weighted by molar-refractivity contribution is 0.901. The summed E-state index contributed by atoms with van der Waals surface area (Å²) in [6.45, 7) is 0. The first-order valence-electron chi connectivity index (χ1n) is 4.99. The molecule has 0 radical (unpaired) electrons. The van der Waals surface area contributed by atoms with Crippen LogP contribution < -0.4 is 11.1 Å². The van der Waals surface area contributed by atoms with Gasteiger partial charge < -0.3 is 9.97 Å². The Hall–Kier alpha value is -1.82. The Morgan fingerprint density at radius 3 is 2.82 bits per heavy atom. The fourth-order valence-corrected chi connectivity index (χ4v) is 1.81. The lowest BCUT2D eigenvalue weighted by Gasteiger charge is -2.01. The molecule has 0 saturated heterocycles. The molecule has 2 aromatic heterocycles. The Bertz CT molecular complexity index is 633. The zero-order chi connectivity index (χ0) is 12.3. The number of rotatable bonds is 3. The van der Waals surface area contributed by atoms with Gasteiger partial charge in [-0.1, -0.05) is 11.8 Å². The number of aromatic nitrogens is 3. The molecule has 2 heterocycles. The number of hydrogen-bond acceptors (Lipinski definition) is 4. The van der Waals surface area contributed by atoms with E-state index in [1.54, 1.807) is 18.5 Å². The number of nitrogens with zero attached hydrogens (tertiary/aromatic N) is 1. The second-order valence-electron chi connectivity index (χ2n) is 3.48. The molecule has 0 aliphatic heterocycles. The summed E-state index contributed by atoms with van der Waals surface area (Å²) in [5.41, 5.74) is 0.910. The molecular formula is C11H11N3O2S. The van der Waals surface area contributed by atoms with Gasteiger partial charge in [-0.25, -0.2) is 0 Å². The Morgan fingerprint density at radius 1 is 1.35 bits per heavy atom. The maximum Gasteiger partial charge on any atom is 0.277 e. The van der Waals surface area contributed by atoms with Crippen molar-refractivity contribution in [1.82, 2.24) is 15.0 Å². The van der Waals surface area contributed by atoms with Gasteiger partial charge in [-0.05, 0) is 17.9 Å². The lowest BCUT2D eigenvalue weighted by Crippen LogP contribution is -2.15. The molecule has 0 fully saturated rings. The van der Waals surface area contributed by atoms with Crippen molar-refractivity contribution in [2.24, 2.45) is 0 Å². The van der Waals surface area contributed by atoms with Crippen molar-refractivity contribution in [2.75, 3.05) is 6.26 Å². The standard InChI is InChI=1S/C11H11N3O2S/c1-17-11-13-6-8(10(16)14-11)4-7-2-3-12-9(15)5-7/h2-3,5-6H,4H2,1H3,(H,12,15)(H,13,14,16). The predicted molar refractivity (Wildman–Crippen MR) is 66.5 cm³/mol. The quantitative estimate of drug-likeness (QED) is 0.622. The molecule has 0 spiro atoms. The Balaban J connectivity index is 2.31. The van der Waals surface area contributed by atoms with E-state index >= 15 is 0 Å². The van der Waals surface area contributed by atoms with E-state index in [9.17, 15) is 9.59 Å². The van der Waals surface area contributed by atoms with Crippen molar-refractivity contribution < 1.29 is 0 Å². The van der Waals surface area contributed by atoms with Crippen molar-refractivity contribution in [3.8, 4) is 0 Å². The highest BCUT2D eigenvalue weighted by Gasteiger charge is 2.04. The minimum Gasteiger partial charge on any atom is -0.341 e.